The molecule has 1 rings (SSSR count). The molecule has 126 valence electrons. The van der Waals surface area contributed by atoms with E-state index in [1.807, 2.05) is 13.0 Å². The first-order valence-corrected chi connectivity index (χ1v) is 11.2. The number of Topliss-reactive ketones (excluding diaryl/α,β-unsaturated/α-hetero) is 1. The van der Waals surface area contributed by atoms with Gasteiger partial charge in [0, 0.05) is 18.1 Å². The largest absolute Gasteiger partial charge is 0.504 e. The molecule has 0 aromatic rings. The SMILES string of the molecule is CCCC/C=C1\C(=O)C(O)=C(C)[C@@H]1CO[Si](C)(C)C(C)(C)C. The van der Waals surface area contributed by atoms with E-state index in [-0.39, 0.29) is 22.5 Å². The zero-order chi connectivity index (χ0) is 17.1. The number of carbonyl (C=O) groups is 1. The smallest absolute Gasteiger partial charge is 0.223 e. The van der Waals surface area contributed by atoms with Crippen LogP contribution in [0.1, 0.15) is 53.9 Å². The molecule has 0 unspecified atom stereocenters. The van der Waals surface area contributed by atoms with E-state index < -0.39 is 8.32 Å². The van der Waals surface area contributed by atoms with Gasteiger partial charge in [0.1, 0.15) is 0 Å². The summed E-state index contributed by atoms with van der Waals surface area (Å²) < 4.78 is 6.28. The van der Waals surface area contributed by atoms with Crippen molar-refractivity contribution in [1.82, 2.24) is 0 Å². The molecular formula is C18H32O3Si. The maximum atomic E-state index is 12.2. The van der Waals surface area contributed by atoms with Crippen LogP contribution < -0.4 is 0 Å². The van der Waals surface area contributed by atoms with Crippen LogP contribution in [0.15, 0.2) is 23.0 Å². The van der Waals surface area contributed by atoms with Crippen molar-refractivity contribution in [3.63, 3.8) is 0 Å². The first kappa shape index (κ1) is 19.2. The van der Waals surface area contributed by atoms with E-state index in [1.165, 1.54) is 0 Å². The molecule has 0 amide bonds. The van der Waals surface area contributed by atoms with Crippen molar-refractivity contribution in [3.8, 4) is 0 Å². The van der Waals surface area contributed by atoms with Gasteiger partial charge in [-0.15, -0.1) is 0 Å². The first-order valence-electron chi connectivity index (χ1n) is 8.31. The Bertz CT molecular complexity index is 481. The molecule has 1 aliphatic carbocycles. The first-order chi connectivity index (χ1) is 10.0. The molecule has 0 spiro atoms. The van der Waals surface area contributed by atoms with Gasteiger partial charge < -0.3 is 9.53 Å². The third-order valence-electron chi connectivity index (χ3n) is 5.09. The average molecular weight is 325 g/mol. The van der Waals surface area contributed by atoms with Gasteiger partial charge in [0.15, 0.2) is 14.1 Å². The number of aliphatic hydroxyl groups is 1. The Labute approximate surface area is 136 Å². The Hall–Kier alpha value is -0.873. The van der Waals surface area contributed by atoms with Crippen molar-refractivity contribution >= 4 is 14.1 Å². The normalized spacial score (nSPS) is 22.0. The van der Waals surface area contributed by atoms with Crippen molar-refractivity contribution < 1.29 is 14.3 Å². The van der Waals surface area contributed by atoms with E-state index >= 15 is 0 Å². The molecule has 0 aromatic carbocycles. The zero-order valence-corrected chi connectivity index (χ0v) is 16.2. The van der Waals surface area contributed by atoms with Crippen LogP contribution in [0.4, 0.5) is 0 Å². The number of carbonyl (C=O) groups excluding carboxylic acids is 1. The molecule has 3 nitrogen and oxygen atoms in total. The Morgan fingerprint density at radius 1 is 1.32 bits per heavy atom. The van der Waals surface area contributed by atoms with Crippen molar-refractivity contribution in [2.45, 2.75) is 72.0 Å². The summed E-state index contributed by atoms with van der Waals surface area (Å²) in [5, 5.41) is 10.1. The molecule has 1 atom stereocenters. The Morgan fingerprint density at radius 3 is 2.41 bits per heavy atom. The molecule has 0 radical (unpaired) electrons. The zero-order valence-electron chi connectivity index (χ0n) is 15.2. The van der Waals surface area contributed by atoms with Gasteiger partial charge in [0.25, 0.3) is 0 Å². The fourth-order valence-corrected chi connectivity index (χ4v) is 3.31. The molecule has 22 heavy (non-hydrogen) atoms. The highest BCUT2D eigenvalue weighted by Crippen LogP contribution is 2.39. The number of unbranched alkanes of at least 4 members (excludes halogenated alkanes) is 2. The van der Waals surface area contributed by atoms with Gasteiger partial charge in [-0.05, 0) is 37.0 Å². The molecule has 1 aliphatic rings. The molecule has 0 saturated carbocycles. The minimum atomic E-state index is -1.86. The van der Waals surface area contributed by atoms with Gasteiger partial charge in [-0.3, -0.25) is 4.79 Å². The summed E-state index contributed by atoms with van der Waals surface area (Å²) >= 11 is 0. The topological polar surface area (TPSA) is 46.5 Å². The number of aliphatic hydroxyl groups excluding tert-OH is 1. The van der Waals surface area contributed by atoms with E-state index in [1.54, 1.807) is 0 Å². The van der Waals surface area contributed by atoms with E-state index in [0.29, 0.717) is 6.61 Å². The van der Waals surface area contributed by atoms with E-state index in [0.717, 1.165) is 30.4 Å². The summed E-state index contributed by atoms with van der Waals surface area (Å²) in [6, 6.07) is 0. The molecule has 0 saturated heterocycles. The summed E-state index contributed by atoms with van der Waals surface area (Å²) in [7, 11) is -1.86. The highest BCUT2D eigenvalue weighted by Gasteiger charge is 2.40. The molecule has 0 bridgehead atoms. The van der Waals surface area contributed by atoms with Crippen molar-refractivity contribution in [2.24, 2.45) is 5.92 Å². The summed E-state index contributed by atoms with van der Waals surface area (Å²) in [4.78, 5) is 12.2. The monoisotopic (exact) mass is 324 g/mol. The lowest BCUT2D eigenvalue weighted by atomic mass is 9.97. The van der Waals surface area contributed by atoms with E-state index in [9.17, 15) is 9.90 Å². The lowest BCUT2D eigenvalue weighted by Crippen LogP contribution is -2.42. The van der Waals surface area contributed by atoms with Crippen LogP contribution in [0.25, 0.3) is 0 Å². The highest BCUT2D eigenvalue weighted by atomic mass is 28.4. The Balaban J connectivity index is 2.89. The highest BCUT2D eigenvalue weighted by molar-refractivity contribution is 6.74. The van der Waals surface area contributed by atoms with Crippen molar-refractivity contribution in [2.75, 3.05) is 6.61 Å². The Kier molecular flexibility index (Phi) is 6.22. The minimum Gasteiger partial charge on any atom is -0.504 e. The predicted octanol–water partition coefficient (Wildman–Crippen LogP) is 5.16. The molecule has 0 aromatic heterocycles. The number of ketones is 1. The lowest BCUT2D eigenvalue weighted by molar-refractivity contribution is -0.114. The van der Waals surface area contributed by atoms with Gasteiger partial charge in [0.05, 0.1) is 0 Å². The van der Waals surface area contributed by atoms with Gasteiger partial charge in [0.2, 0.25) is 5.78 Å². The summed E-state index contributed by atoms with van der Waals surface area (Å²) in [6.07, 6.45) is 5.04. The number of hydrogen-bond acceptors (Lipinski definition) is 3. The number of hydrogen-bond donors (Lipinski definition) is 1. The fraction of sp³-hybridized carbons (Fsp3) is 0.722. The minimum absolute atomic E-state index is 0.0772. The summed E-state index contributed by atoms with van der Waals surface area (Å²) in [5.41, 5.74) is 1.48. The van der Waals surface area contributed by atoms with Crippen LogP contribution in [0, 0.1) is 5.92 Å². The fourth-order valence-electron chi connectivity index (χ4n) is 2.29. The second kappa shape index (κ2) is 7.13. The maximum Gasteiger partial charge on any atom is 0.223 e. The molecule has 0 heterocycles. The van der Waals surface area contributed by atoms with E-state index in [2.05, 4.69) is 40.8 Å². The summed E-state index contributed by atoms with van der Waals surface area (Å²) in [6.45, 7) is 15.5. The predicted molar refractivity (Wildman–Crippen MR) is 94.6 cm³/mol. The molecule has 1 N–H and O–H groups in total. The van der Waals surface area contributed by atoms with Crippen LogP contribution >= 0.6 is 0 Å². The summed E-state index contributed by atoms with van der Waals surface area (Å²) in [5.74, 6) is -0.373. The standard InChI is InChI=1S/C18H32O3Si/c1-8-9-10-11-14-15(13(2)16(19)17(14)20)12-21-22(6,7)18(3,4)5/h11,15,19H,8-10,12H2,1-7H3/b14-11-/t15-/m0/s1. The Morgan fingerprint density at radius 2 is 1.91 bits per heavy atom. The number of allylic oxidation sites excluding steroid dienone is 2. The van der Waals surface area contributed by atoms with Crippen LogP contribution in [0.3, 0.4) is 0 Å². The van der Waals surface area contributed by atoms with Crippen LogP contribution in [0.5, 0.6) is 0 Å². The molecule has 0 aliphatic heterocycles. The maximum absolute atomic E-state index is 12.2. The van der Waals surface area contributed by atoms with Crippen LogP contribution in [0.2, 0.25) is 18.1 Å². The molecule has 0 fully saturated rings. The third kappa shape index (κ3) is 4.11. The molecular weight excluding hydrogens is 292 g/mol. The van der Waals surface area contributed by atoms with Gasteiger partial charge >= 0.3 is 0 Å². The van der Waals surface area contributed by atoms with Crippen molar-refractivity contribution in [1.29, 1.82) is 0 Å². The third-order valence-corrected chi connectivity index (χ3v) is 9.59. The van der Waals surface area contributed by atoms with Crippen LogP contribution in [-0.2, 0) is 9.22 Å². The quantitative estimate of drug-likeness (QED) is 0.417. The van der Waals surface area contributed by atoms with Gasteiger partial charge in [-0.2, -0.15) is 0 Å². The lowest BCUT2D eigenvalue weighted by Gasteiger charge is -2.37. The van der Waals surface area contributed by atoms with Gasteiger partial charge in [-0.25, -0.2) is 0 Å². The van der Waals surface area contributed by atoms with Gasteiger partial charge in [-0.1, -0.05) is 46.6 Å². The number of rotatable bonds is 6. The van der Waals surface area contributed by atoms with Crippen LogP contribution in [-0.4, -0.2) is 25.8 Å². The second-order valence-electron chi connectivity index (χ2n) is 7.79. The molecule has 4 heteroatoms. The average Bonchev–Trinajstić information content (AvgIpc) is 2.60. The van der Waals surface area contributed by atoms with E-state index in [4.69, 9.17) is 4.43 Å². The van der Waals surface area contributed by atoms with Crippen molar-refractivity contribution in [3.05, 3.63) is 23.0 Å². The second-order valence-corrected chi connectivity index (χ2v) is 12.6.